The monoisotopic (exact) mass is 337 g/mol. The summed E-state index contributed by atoms with van der Waals surface area (Å²) in [6, 6.07) is 1.96. The van der Waals surface area contributed by atoms with Gasteiger partial charge in [-0.15, -0.1) is 0 Å². The molecule has 1 saturated heterocycles. The van der Waals surface area contributed by atoms with Crippen LogP contribution >= 0.6 is 0 Å². The van der Waals surface area contributed by atoms with E-state index in [4.69, 9.17) is 4.74 Å². The third-order valence-electron chi connectivity index (χ3n) is 4.49. The molecule has 7 nitrogen and oxygen atoms in total. The van der Waals surface area contributed by atoms with Crippen LogP contribution in [0.3, 0.4) is 0 Å². The summed E-state index contributed by atoms with van der Waals surface area (Å²) in [4.78, 5) is 14.5. The van der Waals surface area contributed by atoms with Gasteiger partial charge in [-0.2, -0.15) is 5.10 Å². The smallest absolute Gasteiger partial charge is 0.320 e. The molecule has 0 spiro atoms. The first-order valence-corrected chi connectivity index (χ1v) is 8.89. The number of urea groups is 1. The van der Waals surface area contributed by atoms with E-state index in [1.165, 1.54) is 12.8 Å². The van der Waals surface area contributed by atoms with Gasteiger partial charge in [0.05, 0.1) is 0 Å². The lowest BCUT2D eigenvalue weighted by Crippen LogP contribution is -2.47. The highest BCUT2D eigenvalue weighted by Gasteiger charge is 2.21. The molecule has 0 aromatic carbocycles. The number of hydrogen-bond acceptors (Lipinski definition) is 4. The zero-order chi connectivity index (χ0) is 17.4. The van der Waals surface area contributed by atoms with Gasteiger partial charge in [0, 0.05) is 51.7 Å². The molecule has 136 valence electrons. The van der Waals surface area contributed by atoms with E-state index in [1.807, 2.05) is 16.9 Å². The fourth-order valence-electron chi connectivity index (χ4n) is 3.08. The van der Waals surface area contributed by atoms with Gasteiger partial charge in [-0.3, -0.25) is 14.9 Å². The molecule has 2 N–H and O–H groups in total. The van der Waals surface area contributed by atoms with Crippen LogP contribution in [0, 0.1) is 5.92 Å². The molecule has 2 heterocycles. The lowest BCUT2D eigenvalue weighted by Gasteiger charge is -2.35. The van der Waals surface area contributed by atoms with Crippen LogP contribution in [0.25, 0.3) is 0 Å². The number of piperidine rings is 1. The first kappa shape index (κ1) is 18.7. The molecule has 1 aliphatic heterocycles. The van der Waals surface area contributed by atoms with Gasteiger partial charge in [-0.25, -0.2) is 4.79 Å². The summed E-state index contributed by atoms with van der Waals surface area (Å²) in [6.07, 6.45) is 5.32. The zero-order valence-electron chi connectivity index (χ0n) is 15.1. The van der Waals surface area contributed by atoms with Gasteiger partial charge in [0.2, 0.25) is 0 Å². The van der Waals surface area contributed by atoms with Crippen molar-refractivity contribution in [2.75, 3.05) is 38.7 Å². The Balaban J connectivity index is 1.69. The Bertz CT molecular complexity index is 505. The summed E-state index contributed by atoms with van der Waals surface area (Å²) in [5.41, 5.74) is 0. The number of nitrogens with zero attached hydrogens (tertiary/aromatic N) is 3. The first-order valence-electron chi connectivity index (χ1n) is 8.89. The van der Waals surface area contributed by atoms with Crippen molar-refractivity contribution in [2.45, 2.75) is 45.7 Å². The number of nitrogens with one attached hydrogen (secondary N) is 2. The number of carbonyl (C=O) groups is 1. The largest absolute Gasteiger partial charge is 0.385 e. The van der Waals surface area contributed by atoms with Gasteiger partial charge < -0.3 is 10.1 Å². The van der Waals surface area contributed by atoms with E-state index in [2.05, 4.69) is 34.5 Å². The van der Waals surface area contributed by atoms with Crippen molar-refractivity contribution >= 4 is 11.8 Å². The Morgan fingerprint density at radius 2 is 2.38 bits per heavy atom. The number of ether oxygens (including phenoxy) is 1. The third-order valence-corrected chi connectivity index (χ3v) is 4.49. The maximum atomic E-state index is 12.0. The van der Waals surface area contributed by atoms with Crippen LogP contribution in [0.1, 0.15) is 33.1 Å². The molecular weight excluding hydrogens is 306 g/mol. The fraction of sp³-hybridized carbons (Fsp3) is 0.765. The van der Waals surface area contributed by atoms with Crippen molar-refractivity contribution in [3.05, 3.63) is 12.3 Å². The molecule has 1 aromatic heterocycles. The van der Waals surface area contributed by atoms with Crippen molar-refractivity contribution in [3.63, 3.8) is 0 Å². The van der Waals surface area contributed by atoms with Crippen LogP contribution in [0.4, 0.5) is 10.6 Å². The standard InChI is InChI=1S/C17H31N5O2/c1-14-6-4-8-21(13-14)15(2)12-18-17(23)19-16-7-10-22(20-16)9-5-11-24-3/h7,10,14-15H,4-6,8-9,11-13H2,1-3H3,(H2,18,19,20,23)/t14-,15-/m1/s1. The van der Waals surface area contributed by atoms with Crippen LogP contribution in [-0.4, -0.2) is 60.1 Å². The second-order valence-corrected chi connectivity index (χ2v) is 6.74. The topological polar surface area (TPSA) is 71.4 Å². The van der Waals surface area contributed by atoms with E-state index < -0.39 is 0 Å². The maximum absolute atomic E-state index is 12.0. The molecular formula is C17H31N5O2. The van der Waals surface area contributed by atoms with Gasteiger partial charge in [-0.05, 0) is 38.6 Å². The Morgan fingerprint density at radius 3 is 3.12 bits per heavy atom. The van der Waals surface area contributed by atoms with Gasteiger partial charge in [0.1, 0.15) is 0 Å². The number of anilines is 1. The summed E-state index contributed by atoms with van der Waals surface area (Å²) in [5.74, 6) is 1.32. The molecule has 0 saturated carbocycles. The van der Waals surface area contributed by atoms with E-state index in [1.54, 1.807) is 7.11 Å². The molecule has 0 bridgehead atoms. The predicted octanol–water partition coefficient (Wildman–Crippen LogP) is 2.16. The lowest BCUT2D eigenvalue weighted by molar-refractivity contribution is 0.138. The van der Waals surface area contributed by atoms with Crippen LogP contribution in [0.5, 0.6) is 0 Å². The summed E-state index contributed by atoms with van der Waals surface area (Å²) in [7, 11) is 1.69. The second kappa shape index (κ2) is 9.64. The zero-order valence-corrected chi connectivity index (χ0v) is 15.1. The number of methoxy groups -OCH3 is 1. The average Bonchev–Trinajstić information content (AvgIpc) is 3.00. The molecule has 0 aliphatic carbocycles. The normalized spacial score (nSPS) is 19.9. The highest BCUT2D eigenvalue weighted by atomic mass is 16.5. The number of rotatable bonds is 8. The Kier molecular flexibility index (Phi) is 7.52. The fourth-order valence-corrected chi connectivity index (χ4v) is 3.08. The van der Waals surface area contributed by atoms with Gasteiger partial charge in [0.15, 0.2) is 5.82 Å². The summed E-state index contributed by atoms with van der Waals surface area (Å²) in [5, 5.41) is 10.1. The Labute approximate surface area is 144 Å². The van der Waals surface area contributed by atoms with Crippen molar-refractivity contribution in [3.8, 4) is 0 Å². The number of hydrogen-bond donors (Lipinski definition) is 2. The SMILES string of the molecule is COCCCn1ccc(NC(=O)NC[C@@H](C)N2CCC[C@@H](C)C2)n1. The van der Waals surface area contributed by atoms with Crippen molar-refractivity contribution in [1.29, 1.82) is 0 Å². The van der Waals surface area contributed by atoms with E-state index in [-0.39, 0.29) is 6.03 Å². The quantitative estimate of drug-likeness (QED) is 0.713. The minimum atomic E-state index is -0.200. The van der Waals surface area contributed by atoms with E-state index in [0.717, 1.165) is 32.0 Å². The van der Waals surface area contributed by atoms with E-state index >= 15 is 0 Å². The Morgan fingerprint density at radius 1 is 1.54 bits per heavy atom. The maximum Gasteiger partial charge on any atom is 0.320 e. The average molecular weight is 337 g/mol. The van der Waals surface area contributed by atoms with Crippen LogP contribution in [0.2, 0.25) is 0 Å². The van der Waals surface area contributed by atoms with Crippen molar-refractivity contribution in [2.24, 2.45) is 5.92 Å². The van der Waals surface area contributed by atoms with E-state index in [0.29, 0.717) is 25.0 Å². The molecule has 2 atom stereocenters. The molecule has 24 heavy (non-hydrogen) atoms. The van der Waals surface area contributed by atoms with Gasteiger partial charge in [0.25, 0.3) is 0 Å². The number of aryl methyl sites for hydroxylation is 1. The number of amides is 2. The summed E-state index contributed by atoms with van der Waals surface area (Å²) in [6.45, 7) is 8.84. The van der Waals surface area contributed by atoms with Gasteiger partial charge in [-0.1, -0.05) is 6.92 Å². The molecule has 1 aromatic rings. The third kappa shape index (κ3) is 6.13. The minimum absolute atomic E-state index is 0.200. The van der Waals surface area contributed by atoms with Crippen molar-refractivity contribution < 1.29 is 9.53 Å². The number of aromatic nitrogens is 2. The summed E-state index contributed by atoms with van der Waals surface area (Å²) < 4.78 is 6.83. The van der Waals surface area contributed by atoms with Crippen molar-refractivity contribution in [1.82, 2.24) is 20.0 Å². The number of likely N-dealkylation sites (tertiary alicyclic amines) is 1. The Hall–Kier alpha value is -1.60. The first-order chi connectivity index (χ1) is 11.6. The molecule has 1 aliphatic rings. The molecule has 0 radical (unpaired) electrons. The second-order valence-electron chi connectivity index (χ2n) is 6.74. The molecule has 0 unspecified atom stereocenters. The van der Waals surface area contributed by atoms with Gasteiger partial charge >= 0.3 is 6.03 Å². The lowest BCUT2D eigenvalue weighted by atomic mass is 9.99. The predicted molar refractivity (Wildman–Crippen MR) is 95.2 cm³/mol. The minimum Gasteiger partial charge on any atom is -0.385 e. The summed E-state index contributed by atoms with van der Waals surface area (Å²) >= 11 is 0. The van der Waals surface area contributed by atoms with Crippen LogP contribution < -0.4 is 10.6 Å². The molecule has 2 rings (SSSR count). The number of carbonyl (C=O) groups excluding carboxylic acids is 1. The molecule has 1 fully saturated rings. The highest BCUT2D eigenvalue weighted by Crippen LogP contribution is 2.17. The van der Waals surface area contributed by atoms with Crippen LogP contribution in [-0.2, 0) is 11.3 Å². The highest BCUT2D eigenvalue weighted by molar-refractivity contribution is 5.88. The molecule has 7 heteroatoms. The van der Waals surface area contributed by atoms with E-state index in [9.17, 15) is 4.79 Å². The van der Waals surface area contributed by atoms with Crippen LogP contribution in [0.15, 0.2) is 12.3 Å². The molecule has 2 amide bonds.